The summed E-state index contributed by atoms with van der Waals surface area (Å²) in [5, 5.41) is 0.637. The number of rotatable bonds is 3. The standard InChI is InChI=1S/C15H10Cl2FIN2/c16-6-5-15-20-12-7-9(17)1-3-14(12)21(15)13-4-2-10(18)8-11(13)19/h1-4,7-8H,5-6H2. The van der Waals surface area contributed by atoms with Crippen molar-refractivity contribution in [1.29, 1.82) is 0 Å². The summed E-state index contributed by atoms with van der Waals surface area (Å²) in [4.78, 5) is 4.60. The minimum atomic E-state index is -0.255. The van der Waals surface area contributed by atoms with Crippen molar-refractivity contribution in [3.05, 3.63) is 56.6 Å². The Labute approximate surface area is 145 Å². The number of benzene rings is 2. The lowest BCUT2D eigenvalue weighted by Gasteiger charge is -2.11. The van der Waals surface area contributed by atoms with Gasteiger partial charge in [0.2, 0.25) is 0 Å². The zero-order chi connectivity index (χ0) is 15.0. The van der Waals surface area contributed by atoms with Gasteiger partial charge in [-0.25, -0.2) is 9.37 Å². The zero-order valence-electron chi connectivity index (χ0n) is 10.8. The van der Waals surface area contributed by atoms with Crippen molar-refractivity contribution in [1.82, 2.24) is 9.55 Å². The van der Waals surface area contributed by atoms with Gasteiger partial charge >= 0.3 is 0 Å². The van der Waals surface area contributed by atoms with Crippen LogP contribution in [0.15, 0.2) is 36.4 Å². The normalized spacial score (nSPS) is 11.2. The Kier molecular flexibility index (Phi) is 4.38. The van der Waals surface area contributed by atoms with Crippen molar-refractivity contribution in [2.45, 2.75) is 6.42 Å². The maximum atomic E-state index is 13.3. The molecule has 6 heteroatoms. The molecular weight excluding hydrogens is 425 g/mol. The summed E-state index contributed by atoms with van der Waals surface area (Å²) in [5.74, 6) is 1.05. The molecular formula is C15H10Cl2FIN2. The Bertz CT molecular complexity index is 817. The molecule has 21 heavy (non-hydrogen) atoms. The van der Waals surface area contributed by atoms with Gasteiger partial charge in [0.15, 0.2) is 0 Å². The molecule has 108 valence electrons. The lowest BCUT2D eigenvalue weighted by atomic mass is 10.2. The average Bonchev–Trinajstić information content (AvgIpc) is 2.76. The molecule has 0 aliphatic carbocycles. The number of alkyl halides is 1. The van der Waals surface area contributed by atoms with E-state index in [1.807, 2.05) is 22.8 Å². The maximum absolute atomic E-state index is 13.3. The van der Waals surface area contributed by atoms with Gasteiger partial charge in [-0.2, -0.15) is 0 Å². The van der Waals surface area contributed by atoms with E-state index in [-0.39, 0.29) is 5.82 Å². The smallest absolute Gasteiger partial charge is 0.124 e. The van der Waals surface area contributed by atoms with E-state index in [4.69, 9.17) is 23.2 Å². The van der Waals surface area contributed by atoms with Crippen molar-refractivity contribution in [2.75, 3.05) is 5.88 Å². The highest BCUT2D eigenvalue weighted by Crippen LogP contribution is 2.27. The summed E-state index contributed by atoms with van der Waals surface area (Å²) in [5.41, 5.74) is 2.63. The van der Waals surface area contributed by atoms with E-state index in [0.717, 1.165) is 26.1 Å². The van der Waals surface area contributed by atoms with E-state index in [9.17, 15) is 4.39 Å². The van der Waals surface area contributed by atoms with Gasteiger partial charge in [-0.15, -0.1) is 11.6 Å². The van der Waals surface area contributed by atoms with E-state index < -0.39 is 0 Å². The number of fused-ring (bicyclic) bond motifs is 1. The molecule has 0 fully saturated rings. The fourth-order valence-electron chi connectivity index (χ4n) is 2.29. The van der Waals surface area contributed by atoms with Gasteiger partial charge in [0.05, 0.1) is 16.7 Å². The van der Waals surface area contributed by atoms with Crippen LogP contribution in [0.4, 0.5) is 4.39 Å². The average molecular weight is 435 g/mol. The number of hydrogen-bond acceptors (Lipinski definition) is 1. The fraction of sp³-hybridized carbons (Fsp3) is 0.133. The third-order valence-electron chi connectivity index (χ3n) is 3.15. The molecule has 0 saturated heterocycles. The van der Waals surface area contributed by atoms with Gasteiger partial charge in [0.25, 0.3) is 0 Å². The Morgan fingerprint density at radius 2 is 2.00 bits per heavy atom. The Balaban J connectivity index is 2.30. The van der Waals surface area contributed by atoms with Crippen LogP contribution in [-0.2, 0) is 6.42 Å². The third-order valence-corrected chi connectivity index (χ3v) is 4.44. The molecule has 2 aromatic carbocycles. The number of nitrogens with zero attached hydrogens (tertiary/aromatic N) is 2. The first-order valence-corrected chi connectivity index (χ1v) is 8.27. The van der Waals surface area contributed by atoms with Gasteiger partial charge in [0, 0.05) is 20.9 Å². The van der Waals surface area contributed by atoms with Gasteiger partial charge in [-0.1, -0.05) is 11.6 Å². The number of imidazole rings is 1. The molecule has 3 rings (SSSR count). The molecule has 0 unspecified atom stereocenters. The summed E-state index contributed by atoms with van der Waals surface area (Å²) in [6, 6.07) is 10.3. The van der Waals surface area contributed by atoms with Crippen LogP contribution < -0.4 is 0 Å². The molecule has 0 spiro atoms. The minimum absolute atomic E-state index is 0.255. The zero-order valence-corrected chi connectivity index (χ0v) is 14.5. The van der Waals surface area contributed by atoms with E-state index >= 15 is 0 Å². The summed E-state index contributed by atoms with van der Waals surface area (Å²) < 4.78 is 16.2. The molecule has 3 aromatic rings. The number of aromatic nitrogens is 2. The minimum Gasteiger partial charge on any atom is -0.295 e. The molecule has 0 radical (unpaired) electrons. The van der Waals surface area contributed by atoms with Crippen LogP contribution in [0.25, 0.3) is 16.7 Å². The summed E-state index contributed by atoms with van der Waals surface area (Å²) in [7, 11) is 0. The SMILES string of the molecule is Fc1ccc(-n2c(CCCl)nc3cc(Cl)ccc32)c(I)c1. The van der Waals surface area contributed by atoms with Crippen LogP contribution in [0.1, 0.15) is 5.82 Å². The molecule has 0 amide bonds. The molecule has 0 N–H and O–H groups in total. The van der Waals surface area contributed by atoms with Crippen molar-refractivity contribution < 1.29 is 4.39 Å². The predicted octanol–water partition coefficient (Wildman–Crippen LogP) is 5.20. The first kappa shape index (κ1) is 15.1. The highest BCUT2D eigenvalue weighted by molar-refractivity contribution is 14.1. The van der Waals surface area contributed by atoms with Crippen LogP contribution >= 0.6 is 45.8 Å². The van der Waals surface area contributed by atoms with Crippen LogP contribution in [0, 0.1) is 9.39 Å². The van der Waals surface area contributed by atoms with E-state index in [0.29, 0.717) is 17.3 Å². The highest BCUT2D eigenvalue weighted by Gasteiger charge is 2.14. The van der Waals surface area contributed by atoms with Crippen LogP contribution in [-0.4, -0.2) is 15.4 Å². The van der Waals surface area contributed by atoms with E-state index in [1.165, 1.54) is 12.1 Å². The molecule has 2 nitrogen and oxygen atoms in total. The second kappa shape index (κ2) is 6.10. The van der Waals surface area contributed by atoms with Crippen LogP contribution in [0.2, 0.25) is 5.02 Å². The summed E-state index contributed by atoms with van der Waals surface area (Å²) in [6.45, 7) is 0. The van der Waals surface area contributed by atoms with Gasteiger partial charge in [-0.3, -0.25) is 4.57 Å². The van der Waals surface area contributed by atoms with Gasteiger partial charge < -0.3 is 0 Å². The summed E-state index contributed by atoms with van der Waals surface area (Å²) >= 11 is 14.0. The number of halogens is 4. The molecule has 0 bridgehead atoms. The predicted molar refractivity (Wildman–Crippen MR) is 93.2 cm³/mol. The lowest BCUT2D eigenvalue weighted by Crippen LogP contribution is -2.04. The first-order valence-electron chi connectivity index (χ1n) is 6.28. The first-order chi connectivity index (χ1) is 10.1. The Morgan fingerprint density at radius 3 is 2.71 bits per heavy atom. The monoisotopic (exact) mass is 434 g/mol. The van der Waals surface area contributed by atoms with Crippen molar-refractivity contribution in [3.63, 3.8) is 0 Å². The quantitative estimate of drug-likeness (QED) is 0.409. The van der Waals surface area contributed by atoms with E-state index in [2.05, 4.69) is 27.6 Å². The number of hydrogen-bond donors (Lipinski definition) is 0. The van der Waals surface area contributed by atoms with Crippen molar-refractivity contribution in [2.24, 2.45) is 0 Å². The maximum Gasteiger partial charge on any atom is 0.124 e. The highest BCUT2D eigenvalue weighted by atomic mass is 127. The second-order valence-electron chi connectivity index (χ2n) is 4.53. The van der Waals surface area contributed by atoms with Gasteiger partial charge in [0.1, 0.15) is 11.6 Å². The molecule has 0 atom stereocenters. The van der Waals surface area contributed by atoms with Crippen molar-refractivity contribution in [3.8, 4) is 5.69 Å². The van der Waals surface area contributed by atoms with Crippen LogP contribution in [0.3, 0.4) is 0 Å². The van der Waals surface area contributed by atoms with Crippen molar-refractivity contribution >= 4 is 56.8 Å². The molecule has 1 aromatic heterocycles. The molecule has 1 heterocycles. The molecule has 0 saturated carbocycles. The Morgan fingerprint density at radius 1 is 1.19 bits per heavy atom. The largest absolute Gasteiger partial charge is 0.295 e. The fourth-order valence-corrected chi connectivity index (χ4v) is 3.34. The second-order valence-corrected chi connectivity index (χ2v) is 6.51. The topological polar surface area (TPSA) is 17.8 Å². The summed E-state index contributed by atoms with van der Waals surface area (Å²) in [6.07, 6.45) is 0.626. The Hall–Kier alpha value is -0.850. The molecule has 0 aliphatic heterocycles. The van der Waals surface area contributed by atoms with Crippen LogP contribution in [0.5, 0.6) is 0 Å². The third kappa shape index (κ3) is 2.89. The molecule has 0 aliphatic rings. The lowest BCUT2D eigenvalue weighted by molar-refractivity contribution is 0.626. The van der Waals surface area contributed by atoms with Gasteiger partial charge in [-0.05, 0) is 59.0 Å². The van der Waals surface area contributed by atoms with E-state index in [1.54, 1.807) is 6.07 Å². The number of aryl methyl sites for hydroxylation is 1.